The van der Waals surface area contributed by atoms with Crippen molar-refractivity contribution in [3.8, 4) is 17.9 Å². The SMILES string of the molecule is C[C@@H](C(=O)N[C@H]1C[C@H](C#Cc2cnc(Nc3ccc(C#N)cc3)nc2NCCCF)C1)N(C)C(=O)/C=C/CN(C)C. The normalized spacial score (nSPS) is 16.6. The van der Waals surface area contributed by atoms with Gasteiger partial charge in [0, 0.05) is 43.9 Å². The molecule has 11 heteroatoms. The van der Waals surface area contributed by atoms with Crippen molar-refractivity contribution < 1.29 is 14.0 Å². The zero-order chi connectivity index (χ0) is 29.8. The van der Waals surface area contributed by atoms with Gasteiger partial charge in [0.15, 0.2) is 0 Å². The van der Waals surface area contributed by atoms with Crippen molar-refractivity contribution in [2.75, 3.05) is 51.5 Å². The summed E-state index contributed by atoms with van der Waals surface area (Å²) < 4.78 is 12.7. The predicted molar refractivity (Wildman–Crippen MR) is 157 cm³/mol. The van der Waals surface area contributed by atoms with Gasteiger partial charge in [-0.15, -0.1) is 0 Å². The van der Waals surface area contributed by atoms with Crippen LogP contribution in [-0.2, 0) is 9.59 Å². The van der Waals surface area contributed by atoms with Crippen LogP contribution < -0.4 is 16.0 Å². The number of hydrogen-bond acceptors (Lipinski definition) is 8. The highest BCUT2D eigenvalue weighted by Crippen LogP contribution is 2.27. The lowest BCUT2D eigenvalue weighted by Gasteiger charge is -2.34. The Hall–Kier alpha value is -4.48. The highest BCUT2D eigenvalue weighted by atomic mass is 19.1. The van der Waals surface area contributed by atoms with Crippen molar-refractivity contribution in [2.24, 2.45) is 5.92 Å². The second-order valence-electron chi connectivity index (χ2n) is 10.2. The number of rotatable bonds is 12. The molecule has 1 aliphatic rings. The van der Waals surface area contributed by atoms with E-state index in [0.29, 0.717) is 55.2 Å². The van der Waals surface area contributed by atoms with E-state index >= 15 is 0 Å². The first kappa shape index (κ1) is 31.1. The van der Waals surface area contributed by atoms with Gasteiger partial charge >= 0.3 is 0 Å². The maximum Gasteiger partial charge on any atom is 0.246 e. The Labute approximate surface area is 241 Å². The van der Waals surface area contributed by atoms with Crippen molar-refractivity contribution in [3.63, 3.8) is 0 Å². The molecule has 216 valence electrons. The van der Waals surface area contributed by atoms with Gasteiger partial charge in [-0.05, 0) is 64.5 Å². The number of aromatic nitrogens is 2. The number of benzene rings is 1. The zero-order valence-electron chi connectivity index (χ0n) is 23.9. The standard InChI is InChI=1S/C30H37FN8O2/c1-21(39(4)27(40)7-5-16-38(2)3)29(41)35-26-17-23(18-26)8-11-24-20-34-30(37-28(24)33-15-6-14-31)36-25-12-9-22(19-32)10-13-25/h5,7,9-10,12-13,20-21,23,26H,6,14-18H2,1-4H3,(H,35,41)(H2,33,34,36,37)/b7-5+/t21-,23-,26-/m0/s1. The zero-order valence-corrected chi connectivity index (χ0v) is 23.9. The minimum absolute atomic E-state index is 0.00516. The van der Waals surface area contributed by atoms with Crippen LogP contribution in [0.15, 0.2) is 42.6 Å². The minimum Gasteiger partial charge on any atom is -0.369 e. The van der Waals surface area contributed by atoms with Crippen molar-refractivity contribution in [1.29, 1.82) is 5.26 Å². The third-order valence-electron chi connectivity index (χ3n) is 6.60. The summed E-state index contributed by atoms with van der Waals surface area (Å²) in [5, 5.41) is 18.2. The van der Waals surface area contributed by atoms with E-state index in [2.05, 4.69) is 43.8 Å². The molecule has 10 nitrogen and oxygen atoms in total. The van der Waals surface area contributed by atoms with Gasteiger partial charge in [-0.3, -0.25) is 14.0 Å². The van der Waals surface area contributed by atoms with Crippen LogP contribution in [-0.4, -0.2) is 84.6 Å². The number of alkyl halides is 1. The number of likely N-dealkylation sites (N-methyl/N-ethyl adjacent to an activating group) is 2. The van der Waals surface area contributed by atoms with Gasteiger partial charge in [-0.25, -0.2) is 4.98 Å². The van der Waals surface area contributed by atoms with Crippen LogP contribution in [0.4, 0.5) is 21.8 Å². The average molecular weight is 561 g/mol. The van der Waals surface area contributed by atoms with E-state index in [1.165, 1.54) is 11.0 Å². The summed E-state index contributed by atoms with van der Waals surface area (Å²) in [7, 11) is 5.45. The predicted octanol–water partition coefficient (Wildman–Crippen LogP) is 3.07. The van der Waals surface area contributed by atoms with Crippen LogP contribution >= 0.6 is 0 Å². The number of hydrogen-bond donors (Lipinski definition) is 3. The van der Waals surface area contributed by atoms with E-state index in [9.17, 15) is 14.0 Å². The van der Waals surface area contributed by atoms with Crippen molar-refractivity contribution in [1.82, 2.24) is 25.1 Å². The second kappa shape index (κ2) is 15.3. The molecule has 1 heterocycles. The molecule has 1 aromatic heterocycles. The summed E-state index contributed by atoms with van der Waals surface area (Å²) in [5.74, 6) is 6.89. The number of nitrogens with one attached hydrogen (secondary N) is 3. The summed E-state index contributed by atoms with van der Waals surface area (Å²) >= 11 is 0. The molecule has 0 saturated heterocycles. The van der Waals surface area contributed by atoms with E-state index in [4.69, 9.17) is 5.26 Å². The Balaban J connectivity index is 1.56. The van der Waals surface area contributed by atoms with Gasteiger partial charge in [0.25, 0.3) is 0 Å². The van der Waals surface area contributed by atoms with Crippen LogP contribution in [0.3, 0.4) is 0 Å². The molecule has 2 amide bonds. The van der Waals surface area contributed by atoms with Crippen molar-refractivity contribution in [2.45, 2.75) is 38.3 Å². The lowest BCUT2D eigenvalue weighted by atomic mass is 9.80. The molecule has 0 unspecified atom stereocenters. The first-order valence-electron chi connectivity index (χ1n) is 13.5. The lowest BCUT2D eigenvalue weighted by Crippen LogP contribution is -2.51. The largest absolute Gasteiger partial charge is 0.369 e. The number of anilines is 3. The monoisotopic (exact) mass is 560 g/mol. The van der Waals surface area contributed by atoms with Gasteiger partial charge in [-0.2, -0.15) is 10.2 Å². The molecule has 1 saturated carbocycles. The second-order valence-corrected chi connectivity index (χ2v) is 10.2. The Morgan fingerprint density at radius 2 is 1.95 bits per heavy atom. The molecule has 1 fully saturated rings. The molecular formula is C30H37FN8O2. The van der Waals surface area contributed by atoms with Gasteiger partial charge in [0.2, 0.25) is 17.8 Å². The number of carbonyl (C=O) groups is 2. The molecule has 41 heavy (non-hydrogen) atoms. The fourth-order valence-corrected chi connectivity index (χ4v) is 3.90. The summed E-state index contributed by atoms with van der Waals surface area (Å²) in [6, 6.07) is 8.39. The van der Waals surface area contributed by atoms with E-state index in [-0.39, 0.29) is 23.8 Å². The molecule has 0 bridgehead atoms. The van der Waals surface area contributed by atoms with Gasteiger partial charge < -0.3 is 25.8 Å². The first-order valence-corrected chi connectivity index (χ1v) is 13.5. The van der Waals surface area contributed by atoms with Crippen molar-refractivity contribution >= 4 is 29.3 Å². The van der Waals surface area contributed by atoms with Crippen LogP contribution in [0.25, 0.3) is 0 Å². The summed E-state index contributed by atoms with van der Waals surface area (Å²) in [6.07, 6.45) is 6.61. The molecule has 2 aromatic rings. The third-order valence-corrected chi connectivity index (χ3v) is 6.60. The fourth-order valence-electron chi connectivity index (χ4n) is 3.90. The van der Waals surface area contributed by atoms with Gasteiger partial charge in [-0.1, -0.05) is 17.9 Å². The Kier molecular flexibility index (Phi) is 11.6. The van der Waals surface area contributed by atoms with Crippen LogP contribution in [0.1, 0.15) is 37.3 Å². The van der Waals surface area contributed by atoms with Gasteiger partial charge in [0.05, 0.1) is 30.1 Å². The molecule has 3 N–H and O–H groups in total. The molecule has 0 aliphatic heterocycles. The number of carbonyl (C=O) groups excluding carboxylic acids is 2. The molecule has 0 spiro atoms. The molecule has 1 aromatic carbocycles. The lowest BCUT2D eigenvalue weighted by molar-refractivity contribution is -0.135. The quantitative estimate of drug-likeness (QED) is 0.205. The molecule has 1 atom stereocenters. The Bertz CT molecular complexity index is 1320. The Morgan fingerprint density at radius 1 is 1.22 bits per heavy atom. The minimum atomic E-state index is -0.594. The van der Waals surface area contributed by atoms with Crippen LogP contribution in [0.2, 0.25) is 0 Å². The van der Waals surface area contributed by atoms with Crippen LogP contribution in [0, 0.1) is 29.1 Å². The fraction of sp³-hybridized carbons (Fsp3) is 0.433. The maximum atomic E-state index is 12.7. The third kappa shape index (κ3) is 9.59. The summed E-state index contributed by atoms with van der Waals surface area (Å²) in [6.45, 7) is 2.31. The number of amides is 2. The van der Waals surface area contributed by atoms with E-state index in [1.54, 1.807) is 50.5 Å². The van der Waals surface area contributed by atoms with Crippen LogP contribution in [0.5, 0.6) is 0 Å². The highest BCUT2D eigenvalue weighted by molar-refractivity contribution is 5.92. The summed E-state index contributed by atoms with van der Waals surface area (Å²) in [4.78, 5) is 37.3. The number of nitriles is 1. The molecule has 0 radical (unpaired) electrons. The number of halogens is 1. The Morgan fingerprint density at radius 3 is 2.61 bits per heavy atom. The smallest absolute Gasteiger partial charge is 0.246 e. The number of nitrogens with zero attached hydrogens (tertiary/aromatic N) is 5. The van der Waals surface area contributed by atoms with E-state index in [1.807, 2.05) is 19.0 Å². The maximum absolute atomic E-state index is 12.7. The molecule has 3 rings (SSSR count). The molecule has 1 aliphatic carbocycles. The van der Waals surface area contributed by atoms with E-state index in [0.717, 1.165) is 5.69 Å². The topological polar surface area (TPSA) is 126 Å². The average Bonchev–Trinajstić information content (AvgIpc) is 2.94. The highest BCUT2D eigenvalue weighted by Gasteiger charge is 2.31. The summed E-state index contributed by atoms with van der Waals surface area (Å²) in [5.41, 5.74) is 1.87. The molecular weight excluding hydrogens is 523 g/mol. The van der Waals surface area contributed by atoms with Gasteiger partial charge in [0.1, 0.15) is 11.9 Å². The first-order chi connectivity index (χ1) is 19.7. The van der Waals surface area contributed by atoms with E-state index < -0.39 is 12.7 Å². The van der Waals surface area contributed by atoms with Crippen molar-refractivity contribution in [3.05, 3.63) is 53.7 Å².